The van der Waals surface area contributed by atoms with Crippen molar-refractivity contribution < 1.29 is 14.3 Å². The second-order valence-electron chi connectivity index (χ2n) is 12.0. The van der Waals surface area contributed by atoms with Crippen LogP contribution in [0.3, 0.4) is 0 Å². The molecule has 2 saturated heterocycles. The number of rotatable bonds is 11. The van der Waals surface area contributed by atoms with Crippen molar-refractivity contribution in [1.82, 2.24) is 14.8 Å². The largest absolute Gasteiger partial charge is 0.495 e. The van der Waals surface area contributed by atoms with Gasteiger partial charge < -0.3 is 14.6 Å². The van der Waals surface area contributed by atoms with Crippen LogP contribution in [0.15, 0.2) is 66.9 Å². The third-order valence-electron chi connectivity index (χ3n) is 9.20. The van der Waals surface area contributed by atoms with E-state index in [1.165, 1.54) is 12.8 Å². The van der Waals surface area contributed by atoms with Crippen LogP contribution in [0.1, 0.15) is 64.8 Å². The molecule has 3 aromatic carbocycles. The number of amides is 1. The average Bonchev–Trinajstić information content (AvgIpc) is 3.51. The average molecular weight is 653 g/mol. The first-order valence-corrected chi connectivity index (χ1v) is 16.4. The number of para-hydroxylation sites is 1. The Balaban J connectivity index is 1.09. The predicted molar refractivity (Wildman–Crippen MR) is 177 cm³/mol. The first-order valence-electron chi connectivity index (χ1n) is 15.2. The lowest BCUT2D eigenvalue weighted by molar-refractivity contribution is 0.0807. The number of aromatic nitrogens is 1. The molecule has 4 aromatic rings. The molecule has 0 saturated carbocycles. The Bertz CT molecular complexity index is 1660. The molecule has 0 aliphatic carbocycles. The number of nitrogens with zero attached hydrogens (tertiary/aromatic N) is 2. The Morgan fingerprint density at radius 2 is 1.68 bits per heavy atom. The first-order chi connectivity index (χ1) is 21.3. The number of fused-ring (bicyclic) bond motifs is 3. The van der Waals surface area contributed by atoms with Gasteiger partial charge in [0.15, 0.2) is 5.78 Å². The van der Waals surface area contributed by atoms with E-state index >= 15 is 0 Å². The SMILES string of the molecule is COc1cccc2c(C(=O)NCc3ccc(Cl)c(Cl)c3)cn(CCCN3[C@@H]4CC[C@H]3C[C@H](CC(=O)c3ccc(Cl)cc3)C4)c12. The van der Waals surface area contributed by atoms with Crippen molar-refractivity contribution in [1.29, 1.82) is 0 Å². The summed E-state index contributed by atoms with van der Waals surface area (Å²) in [6.45, 7) is 2.10. The number of carbonyl (C=O) groups is 2. The van der Waals surface area contributed by atoms with Crippen LogP contribution in [0.2, 0.25) is 15.1 Å². The highest BCUT2D eigenvalue weighted by Crippen LogP contribution is 2.40. The number of ether oxygens (including phenoxy) is 1. The molecule has 3 atom stereocenters. The molecule has 2 bridgehead atoms. The number of aryl methyl sites for hydroxylation is 1. The monoisotopic (exact) mass is 651 g/mol. The molecule has 2 aliphatic rings. The van der Waals surface area contributed by atoms with Crippen molar-refractivity contribution in [3.8, 4) is 5.75 Å². The molecule has 1 N–H and O–H groups in total. The third kappa shape index (κ3) is 6.64. The van der Waals surface area contributed by atoms with Crippen LogP contribution in [0.25, 0.3) is 10.9 Å². The molecule has 230 valence electrons. The van der Waals surface area contributed by atoms with E-state index in [1.54, 1.807) is 31.4 Å². The summed E-state index contributed by atoms with van der Waals surface area (Å²) in [6, 6.07) is 19.5. The van der Waals surface area contributed by atoms with Crippen LogP contribution < -0.4 is 10.1 Å². The Hall–Kier alpha value is -3.03. The number of hydrogen-bond acceptors (Lipinski definition) is 4. The van der Waals surface area contributed by atoms with Crippen LogP contribution >= 0.6 is 34.8 Å². The molecule has 44 heavy (non-hydrogen) atoms. The maximum Gasteiger partial charge on any atom is 0.253 e. The number of nitrogens with one attached hydrogen (secondary N) is 1. The molecule has 0 spiro atoms. The molecule has 1 amide bonds. The Kier molecular flexibility index (Phi) is 9.53. The van der Waals surface area contributed by atoms with E-state index in [-0.39, 0.29) is 11.7 Å². The van der Waals surface area contributed by atoms with Crippen molar-refractivity contribution in [2.24, 2.45) is 5.92 Å². The highest BCUT2D eigenvalue weighted by atomic mass is 35.5. The van der Waals surface area contributed by atoms with Crippen molar-refractivity contribution in [2.75, 3.05) is 13.7 Å². The molecule has 6 rings (SSSR count). The van der Waals surface area contributed by atoms with Crippen molar-refractivity contribution in [3.05, 3.63) is 98.6 Å². The lowest BCUT2D eigenvalue weighted by atomic mass is 9.85. The summed E-state index contributed by atoms with van der Waals surface area (Å²) in [5.74, 6) is 1.23. The number of carbonyl (C=O) groups excluding carboxylic acids is 2. The van der Waals surface area contributed by atoms with Gasteiger partial charge in [0.1, 0.15) is 5.75 Å². The maximum atomic E-state index is 13.4. The third-order valence-corrected chi connectivity index (χ3v) is 10.2. The summed E-state index contributed by atoms with van der Waals surface area (Å²) in [5.41, 5.74) is 3.17. The maximum absolute atomic E-state index is 13.4. The van der Waals surface area contributed by atoms with Gasteiger partial charge in [0.25, 0.3) is 5.91 Å². The van der Waals surface area contributed by atoms with Crippen LogP contribution in [0, 0.1) is 5.92 Å². The van der Waals surface area contributed by atoms with Crippen LogP contribution in [0.5, 0.6) is 5.75 Å². The highest BCUT2D eigenvalue weighted by molar-refractivity contribution is 6.42. The lowest BCUT2D eigenvalue weighted by Gasteiger charge is -2.39. The predicted octanol–water partition coefficient (Wildman–Crippen LogP) is 8.45. The summed E-state index contributed by atoms with van der Waals surface area (Å²) in [4.78, 5) is 28.9. The van der Waals surface area contributed by atoms with Gasteiger partial charge in [-0.15, -0.1) is 0 Å². The molecule has 3 heterocycles. The van der Waals surface area contributed by atoms with Crippen molar-refractivity contribution in [2.45, 2.75) is 63.7 Å². The summed E-state index contributed by atoms with van der Waals surface area (Å²) in [6.07, 6.45) is 8.03. The van der Waals surface area contributed by atoms with E-state index in [1.807, 2.05) is 42.6 Å². The molecule has 0 radical (unpaired) electrons. The summed E-state index contributed by atoms with van der Waals surface area (Å²) in [7, 11) is 1.66. The smallest absolute Gasteiger partial charge is 0.253 e. The number of ketones is 1. The normalized spacial score (nSPS) is 19.8. The van der Waals surface area contributed by atoms with Gasteiger partial charge in [0.05, 0.1) is 28.2 Å². The van der Waals surface area contributed by atoms with Gasteiger partial charge in [-0.05, 0) is 86.1 Å². The number of hydrogen-bond donors (Lipinski definition) is 1. The molecule has 0 unspecified atom stereocenters. The van der Waals surface area contributed by atoms with Gasteiger partial charge in [-0.2, -0.15) is 0 Å². The van der Waals surface area contributed by atoms with Crippen LogP contribution in [-0.4, -0.2) is 46.9 Å². The van der Waals surface area contributed by atoms with Gasteiger partial charge in [-0.25, -0.2) is 0 Å². The second kappa shape index (κ2) is 13.5. The van der Waals surface area contributed by atoms with E-state index in [9.17, 15) is 9.59 Å². The van der Waals surface area contributed by atoms with Gasteiger partial charge >= 0.3 is 0 Å². The molecular weight excluding hydrogens is 617 g/mol. The highest BCUT2D eigenvalue weighted by Gasteiger charge is 2.40. The number of piperidine rings is 1. The molecule has 9 heteroatoms. The molecule has 1 aromatic heterocycles. The van der Waals surface area contributed by atoms with E-state index in [4.69, 9.17) is 39.5 Å². The van der Waals surface area contributed by atoms with Crippen LogP contribution in [-0.2, 0) is 13.1 Å². The van der Waals surface area contributed by atoms with E-state index in [0.29, 0.717) is 51.6 Å². The zero-order chi connectivity index (χ0) is 30.8. The number of methoxy groups -OCH3 is 1. The summed E-state index contributed by atoms with van der Waals surface area (Å²) in [5, 5.41) is 5.49. The quantitative estimate of drug-likeness (QED) is 0.165. The second-order valence-corrected chi connectivity index (χ2v) is 13.2. The fraction of sp³-hybridized carbons (Fsp3) is 0.371. The lowest BCUT2D eigenvalue weighted by Crippen LogP contribution is -2.43. The van der Waals surface area contributed by atoms with Crippen LogP contribution in [0.4, 0.5) is 0 Å². The summed E-state index contributed by atoms with van der Waals surface area (Å²) < 4.78 is 7.87. The van der Waals surface area contributed by atoms with E-state index < -0.39 is 0 Å². The molecular formula is C35H36Cl3N3O3. The number of benzene rings is 3. The number of Topliss-reactive ketones (excluding diaryl/α,β-unsaturated/α-hetero) is 1. The summed E-state index contributed by atoms with van der Waals surface area (Å²) >= 11 is 18.2. The van der Waals surface area contributed by atoms with Gasteiger partial charge in [0.2, 0.25) is 0 Å². The Labute approximate surface area is 273 Å². The first kappa shape index (κ1) is 31.0. The van der Waals surface area contributed by atoms with Gasteiger partial charge in [0, 0.05) is 60.3 Å². The van der Waals surface area contributed by atoms with Gasteiger partial charge in [-0.3, -0.25) is 14.5 Å². The standard InChI is InChI=1S/C35H36Cl3N3O3/c1-44-33-5-2-4-28-29(35(43)39-20-22-6-13-30(37)31(38)18-22)21-40(34(28)33)14-3-15-41-26-11-12-27(41)17-23(16-26)19-32(42)24-7-9-25(36)10-8-24/h2,4-10,13,18,21,23,26-27H,3,11-12,14-17,19-20H2,1H3,(H,39,43)/t23-,26-,27+. The fourth-order valence-corrected chi connectivity index (χ4v) is 7.58. The van der Waals surface area contributed by atoms with E-state index in [0.717, 1.165) is 60.1 Å². The number of halogens is 3. The minimum absolute atomic E-state index is 0.152. The molecule has 6 nitrogen and oxygen atoms in total. The van der Waals surface area contributed by atoms with E-state index in [2.05, 4.69) is 14.8 Å². The van der Waals surface area contributed by atoms with Crippen molar-refractivity contribution in [3.63, 3.8) is 0 Å². The molecule has 2 aliphatic heterocycles. The Morgan fingerprint density at radius 1 is 0.932 bits per heavy atom. The fourth-order valence-electron chi connectivity index (χ4n) is 7.13. The topological polar surface area (TPSA) is 63.6 Å². The zero-order valence-electron chi connectivity index (χ0n) is 24.7. The van der Waals surface area contributed by atoms with Crippen molar-refractivity contribution >= 4 is 57.4 Å². The minimum Gasteiger partial charge on any atom is -0.495 e. The minimum atomic E-state index is -0.152. The van der Waals surface area contributed by atoms with Gasteiger partial charge in [-0.1, -0.05) is 53.0 Å². The zero-order valence-corrected chi connectivity index (χ0v) is 27.0. The molecule has 2 fully saturated rings. The Morgan fingerprint density at radius 3 is 2.39 bits per heavy atom.